The van der Waals surface area contributed by atoms with Gasteiger partial charge in [0.25, 0.3) is 0 Å². The van der Waals surface area contributed by atoms with Crippen molar-refractivity contribution in [2.24, 2.45) is 5.41 Å². The predicted molar refractivity (Wildman–Crippen MR) is 59.8 cm³/mol. The van der Waals surface area contributed by atoms with Crippen LogP contribution in [0.3, 0.4) is 0 Å². The second kappa shape index (κ2) is 4.59. The van der Waals surface area contributed by atoms with Crippen molar-refractivity contribution in [1.29, 1.82) is 0 Å². The number of carboxylic acid groups (broad SMARTS) is 1. The molecule has 0 spiro atoms. The number of benzene rings is 1. The SMILES string of the molecule is CC(C)(Cc1cc([N+](=O)[O-])c(F)cc1O)C(=O)O. The van der Waals surface area contributed by atoms with Gasteiger partial charge in [-0.2, -0.15) is 4.39 Å². The van der Waals surface area contributed by atoms with Gasteiger partial charge in [-0.25, -0.2) is 0 Å². The lowest BCUT2D eigenvalue weighted by Gasteiger charge is -2.19. The molecule has 0 aliphatic rings. The monoisotopic (exact) mass is 257 g/mol. The van der Waals surface area contributed by atoms with Gasteiger partial charge in [-0.3, -0.25) is 14.9 Å². The number of hydrogen-bond acceptors (Lipinski definition) is 4. The Morgan fingerprint density at radius 3 is 2.50 bits per heavy atom. The van der Waals surface area contributed by atoms with E-state index in [2.05, 4.69) is 0 Å². The predicted octanol–water partition coefficient (Wildman–Crippen LogP) is 2.09. The van der Waals surface area contributed by atoms with Crippen LogP contribution in [0, 0.1) is 21.3 Å². The average molecular weight is 257 g/mol. The van der Waals surface area contributed by atoms with Crippen molar-refractivity contribution < 1.29 is 24.3 Å². The number of aromatic hydroxyl groups is 1. The number of carbonyl (C=O) groups is 1. The van der Waals surface area contributed by atoms with Crippen molar-refractivity contribution in [2.45, 2.75) is 20.3 Å². The highest BCUT2D eigenvalue weighted by Gasteiger charge is 2.30. The number of halogens is 1. The molecule has 0 unspecified atom stereocenters. The summed E-state index contributed by atoms with van der Waals surface area (Å²) < 4.78 is 13.2. The molecule has 0 saturated heterocycles. The highest BCUT2D eigenvalue weighted by Crippen LogP contribution is 2.32. The van der Waals surface area contributed by atoms with E-state index in [0.29, 0.717) is 6.07 Å². The Balaban J connectivity index is 3.22. The minimum atomic E-state index is -1.22. The Labute approximate surface area is 102 Å². The molecule has 1 aromatic carbocycles. The summed E-state index contributed by atoms with van der Waals surface area (Å²) in [7, 11) is 0. The Morgan fingerprint density at radius 1 is 1.50 bits per heavy atom. The Hall–Kier alpha value is -2.18. The van der Waals surface area contributed by atoms with Gasteiger partial charge >= 0.3 is 11.7 Å². The van der Waals surface area contributed by atoms with Crippen molar-refractivity contribution in [2.75, 3.05) is 0 Å². The Morgan fingerprint density at radius 2 is 2.06 bits per heavy atom. The summed E-state index contributed by atoms with van der Waals surface area (Å²) >= 11 is 0. The topological polar surface area (TPSA) is 101 Å². The number of nitrogens with zero attached hydrogens (tertiary/aromatic N) is 1. The summed E-state index contributed by atoms with van der Waals surface area (Å²) in [5.74, 6) is -2.77. The molecule has 0 aromatic heterocycles. The molecular weight excluding hydrogens is 245 g/mol. The smallest absolute Gasteiger partial charge is 0.309 e. The summed E-state index contributed by atoms with van der Waals surface area (Å²) in [4.78, 5) is 20.6. The summed E-state index contributed by atoms with van der Waals surface area (Å²) in [5.41, 5.74) is -1.98. The number of nitro benzene ring substituents is 1. The van der Waals surface area contributed by atoms with E-state index >= 15 is 0 Å². The van der Waals surface area contributed by atoms with Crippen LogP contribution in [0.4, 0.5) is 10.1 Å². The zero-order valence-corrected chi connectivity index (χ0v) is 9.81. The molecule has 6 nitrogen and oxygen atoms in total. The van der Waals surface area contributed by atoms with Gasteiger partial charge < -0.3 is 10.2 Å². The van der Waals surface area contributed by atoms with Crippen LogP contribution in [0.15, 0.2) is 12.1 Å². The van der Waals surface area contributed by atoms with Crippen molar-refractivity contribution in [3.8, 4) is 5.75 Å². The summed E-state index contributed by atoms with van der Waals surface area (Å²) in [6, 6.07) is 1.47. The van der Waals surface area contributed by atoms with Crippen LogP contribution in [0.2, 0.25) is 0 Å². The molecule has 0 aliphatic heterocycles. The quantitative estimate of drug-likeness (QED) is 0.635. The zero-order chi connectivity index (χ0) is 14.1. The number of hydrogen-bond donors (Lipinski definition) is 2. The maximum Gasteiger partial charge on any atom is 0.309 e. The van der Waals surface area contributed by atoms with Crippen molar-refractivity contribution in [1.82, 2.24) is 0 Å². The van der Waals surface area contributed by atoms with Crippen LogP contribution in [-0.2, 0) is 11.2 Å². The lowest BCUT2D eigenvalue weighted by Crippen LogP contribution is -2.26. The molecule has 0 atom stereocenters. The van der Waals surface area contributed by atoms with Crippen LogP contribution in [0.1, 0.15) is 19.4 Å². The second-order valence-corrected chi connectivity index (χ2v) is 4.56. The van der Waals surface area contributed by atoms with Crippen molar-refractivity contribution in [3.63, 3.8) is 0 Å². The Bertz CT molecular complexity index is 512. The minimum absolute atomic E-state index is 0.0236. The number of aliphatic carboxylic acids is 1. The van der Waals surface area contributed by atoms with Gasteiger partial charge in [-0.15, -0.1) is 0 Å². The van der Waals surface area contributed by atoms with E-state index in [9.17, 15) is 24.4 Å². The summed E-state index contributed by atoms with van der Waals surface area (Å²) in [5, 5.41) is 29.0. The lowest BCUT2D eigenvalue weighted by atomic mass is 9.85. The number of nitro groups is 1. The normalized spacial score (nSPS) is 11.3. The molecule has 2 N–H and O–H groups in total. The van der Waals surface area contributed by atoms with Gasteiger partial charge in [0.2, 0.25) is 5.82 Å². The first-order valence-electron chi connectivity index (χ1n) is 5.04. The molecule has 7 heteroatoms. The third kappa shape index (κ3) is 2.73. The lowest BCUT2D eigenvalue weighted by molar-refractivity contribution is -0.387. The van der Waals surface area contributed by atoms with E-state index in [1.807, 2.05) is 0 Å². The van der Waals surface area contributed by atoms with E-state index in [4.69, 9.17) is 5.11 Å². The van der Waals surface area contributed by atoms with Gasteiger partial charge in [-0.1, -0.05) is 0 Å². The molecule has 18 heavy (non-hydrogen) atoms. The molecule has 0 aliphatic carbocycles. The Kier molecular flexibility index (Phi) is 3.54. The summed E-state index contributed by atoms with van der Waals surface area (Å²) in [6.07, 6.45) is -0.144. The molecule has 0 heterocycles. The zero-order valence-electron chi connectivity index (χ0n) is 9.81. The highest BCUT2D eigenvalue weighted by atomic mass is 19.1. The highest BCUT2D eigenvalue weighted by molar-refractivity contribution is 5.74. The minimum Gasteiger partial charge on any atom is -0.508 e. The number of carboxylic acids is 1. The van der Waals surface area contributed by atoms with Crippen LogP contribution in [-0.4, -0.2) is 21.1 Å². The summed E-state index contributed by atoms with van der Waals surface area (Å²) in [6.45, 7) is 2.81. The third-order valence-corrected chi connectivity index (χ3v) is 2.56. The average Bonchev–Trinajstić information content (AvgIpc) is 2.21. The van der Waals surface area contributed by atoms with Crippen molar-refractivity contribution in [3.05, 3.63) is 33.6 Å². The molecular formula is C11H12FNO5. The maximum atomic E-state index is 13.2. The van der Waals surface area contributed by atoms with Crippen molar-refractivity contribution >= 4 is 11.7 Å². The molecule has 98 valence electrons. The second-order valence-electron chi connectivity index (χ2n) is 4.56. The molecule has 0 saturated carbocycles. The maximum absolute atomic E-state index is 13.2. The molecule has 0 amide bonds. The van der Waals surface area contributed by atoms with E-state index in [-0.39, 0.29) is 12.0 Å². The number of phenolic OH excluding ortho intramolecular Hbond substituents is 1. The first-order valence-corrected chi connectivity index (χ1v) is 5.04. The fourth-order valence-corrected chi connectivity index (χ4v) is 1.43. The number of rotatable bonds is 4. The molecule has 1 rings (SSSR count). The molecule has 0 radical (unpaired) electrons. The molecule has 0 bridgehead atoms. The van der Waals surface area contributed by atoms with E-state index in [0.717, 1.165) is 6.07 Å². The number of phenols is 1. The van der Waals surface area contributed by atoms with Crippen LogP contribution in [0.5, 0.6) is 5.75 Å². The largest absolute Gasteiger partial charge is 0.508 e. The van der Waals surface area contributed by atoms with E-state index in [1.54, 1.807) is 0 Å². The van der Waals surface area contributed by atoms with E-state index < -0.39 is 33.6 Å². The van der Waals surface area contributed by atoms with Crippen LogP contribution in [0.25, 0.3) is 0 Å². The van der Waals surface area contributed by atoms with Gasteiger partial charge in [0.15, 0.2) is 0 Å². The van der Waals surface area contributed by atoms with Gasteiger partial charge in [0.05, 0.1) is 10.3 Å². The van der Waals surface area contributed by atoms with Gasteiger partial charge in [-0.05, 0) is 20.3 Å². The first kappa shape index (κ1) is 13.9. The van der Waals surface area contributed by atoms with Gasteiger partial charge in [0, 0.05) is 17.7 Å². The fraction of sp³-hybridized carbons (Fsp3) is 0.364. The van der Waals surface area contributed by atoms with E-state index in [1.165, 1.54) is 13.8 Å². The third-order valence-electron chi connectivity index (χ3n) is 2.56. The van der Waals surface area contributed by atoms with Gasteiger partial charge in [0.1, 0.15) is 5.75 Å². The van der Waals surface area contributed by atoms with Crippen LogP contribution >= 0.6 is 0 Å². The molecule has 0 fully saturated rings. The fourth-order valence-electron chi connectivity index (χ4n) is 1.43. The molecule has 1 aromatic rings. The van der Waals surface area contributed by atoms with Crippen LogP contribution < -0.4 is 0 Å². The standard InChI is InChI=1S/C11H12FNO5/c1-11(2,10(15)16)5-6-3-8(13(17)18)7(12)4-9(6)14/h3-4,14H,5H2,1-2H3,(H,15,16). The first-order chi connectivity index (χ1) is 8.15.